The van der Waals surface area contributed by atoms with Gasteiger partial charge in [0.25, 0.3) is 0 Å². The molecule has 6 heteroatoms. The molecule has 1 amide bonds. The monoisotopic (exact) mass is 344 g/mol. The number of nitrogens with zero attached hydrogens (tertiary/aromatic N) is 1. The normalized spacial score (nSPS) is 10.2. The number of hydrogen-bond donors (Lipinski definition) is 1. The van der Waals surface area contributed by atoms with Crippen molar-refractivity contribution in [3.8, 4) is 17.2 Å². The highest BCUT2D eigenvalue weighted by Crippen LogP contribution is 2.34. The molecule has 0 aliphatic heterocycles. The maximum absolute atomic E-state index is 12.0. The van der Waals surface area contributed by atoms with E-state index >= 15 is 0 Å². The number of amides is 1. The van der Waals surface area contributed by atoms with Crippen LogP contribution in [0.5, 0.6) is 17.2 Å². The Morgan fingerprint density at radius 3 is 2.32 bits per heavy atom. The number of carbonyl (C=O) groups is 1. The summed E-state index contributed by atoms with van der Waals surface area (Å²) in [6, 6.07) is 9.31. The Morgan fingerprint density at radius 1 is 1.04 bits per heavy atom. The van der Waals surface area contributed by atoms with Gasteiger partial charge in [-0.05, 0) is 25.0 Å². The fourth-order valence-corrected chi connectivity index (χ4v) is 2.53. The van der Waals surface area contributed by atoms with E-state index in [9.17, 15) is 4.79 Å². The van der Waals surface area contributed by atoms with E-state index in [1.807, 2.05) is 18.2 Å². The van der Waals surface area contributed by atoms with E-state index < -0.39 is 0 Å². The SMILES string of the molecule is COc1cc(OC)c(CCNC(=O)CCc2ccccn2)c(OC)c1. The summed E-state index contributed by atoms with van der Waals surface area (Å²) >= 11 is 0. The van der Waals surface area contributed by atoms with Gasteiger partial charge in [-0.2, -0.15) is 0 Å². The molecule has 0 bridgehead atoms. The van der Waals surface area contributed by atoms with Crippen molar-refractivity contribution in [2.75, 3.05) is 27.9 Å². The van der Waals surface area contributed by atoms with Gasteiger partial charge in [0.1, 0.15) is 17.2 Å². The summed E-state index contributed by atoms with van der Waals surface area (Å²) in [6.07, 6.45) is 3.37. The van der Waals surface area contributed by atoms with Gasteiger partial charge in [-0.3, -0.25) is 9.78 Å². The third-order valence-corrected chi connectivity index (χ3v) is 3.85. The summed E-state index contributed by atoms with van der Waals surface area (Å²) in [5.41, 5.74) is 1.81. The van der Waals surface area contributed by atoms with Crippen LogP contribution in [-0.4, -0.2) is 38.8 Å². The lowest BCUT2D eigenvalue weighted by Crippen LogP contribution is -2.26. The molecule has 1 N–H and O–H groups in total. The van der Waals surface area contributed by atoms with Crippen molar-refractivity contribution in [3.05, 3.63) is 47.8 Å². The predicted octanol–water partition coefficient (Wildman–Crippen LogP) is 2.40. The van der Waals surface area contributed by atoms with Crippen LogP contribution >= 0.6 is 0 Å². The second-order valence-electron chi connectivity index (χ2n) is 5.43. The van der Waals surface area contributed by atoms with Crippen molar-refractivity contribution in [2.24, 2.45) is 0 Å². The van der Waals surface area contributed by atoms with Gasteiger partial charge in [0.05, 0.1) is 21.3 Å². The van der Waals surface area contributed by atoms with Crippen LogP contribution in [0.4, 0.5) is 0 Å². The Morgan fingerprint density at radius 2 is 1.76 bits per heavy atom. The molecule has 0 unspecified atom stereocenters. The molecule has 2 rings (SSSR count). The van der Waals surface area contributed by atoms with Crippen LogP contribution in [0.1, 0.15) is 17.7 Å². The van der Waals surface area contributed by atoms with Crippen molar-refractivity contribution >= 4 is 5.91 Å². The van der Waals surface area contributed by atoms with Crippen LogP contribution in [0.2, 0.25) is 0 Å². The van der Waals surface area contributed by atoms with Crippen molar-refractivity contribution in [1.82, 2.24) is 10.3 Å². The zero-order valence-corrected chi connectivity index (χ0v) is 14.9. The number of methoxy groups -OCH3 is 3. The fraction of sp³-hybridized carbons (Fsp3) is 0.368. The lowest BCUT2D eigenvalue weighted by Gasteiger charge is -2.15. The van der Waals surface area contributed by atoms with Crippen molar-refractivity contribution < 1.29 is 19.0 Å². The zero-order chi connectivity index (χ0) is 18.1. The first-order valence-corrected chi connectivity index (χ1v) is 8.13. The number of benzene rings is 1. The average molecular weight is 344 g/mol. The average Bonchev–Trinajstić information content (AvgIpc) is 2.66. The maximum Gasteiger partial charge on any atom is 0.220 e. The summed E-state index contributed by atoms with van der Waals surface area (Å²) in [5, 5.41) is 2.92. The molecule has 0 saturated heterocycles. The first-order chi connectivity index (χ1) is 12.2. The quantitative estimate of drug-likeness (QED) is 0.756. The summed E-state index contributed by atoms with van der Waals surface area (Å²) in [6.45, 7) is 0.500. The van der Waals surface area contributed by atoms with Gasteiger partial charge in [0.2, 0.25) is 5.91 Å². The second kappa shape index (κ2) is 9.52. The molecule has 0 radical (unpaired) electrons. The van der Waals surface area contributed by atoms with E-state index in [1.165, 1.54) is 0 Å². The van der Waals surface area contributed by atoms with Crippen LogP contribution in [0.3, 0.4) is 0 Å². The first-order valence-electron chi connectivity index (χ1n) is 8.13. The molecule has 0 aliphatic rings. The van der Waals surface area contributed by atoms with Crippen LogP contribution in [0, 0.1) is 0 Å². The number of aryl methyl sites for hydroxylation is 1. The third-order valence-electron chi connectivity index (χ3n) is 3.85. The number of aromatic nitrogens is 1. The van der Waals surface area contributed by atoms with Gasteiger partial charge in [0.15, 0.2) is 0 Å². The van der Waals surface area contributed by atoms with Gasteiger partial charge in [-0.15, -0.1) is 0 Å². The molecule has 0 saturated carbocycles. The van der Waals surface area contributed by atoms with Gasteiger partial charge in [-0.25, -0.2) is 0 Å². The van der Waals surface area contributed by atoms with Crippen LogP contribution in [0.15, 0.2) is 36.5 Å². The van der Waals surface area contributed by atoms with E-state index in [2.05, 4.69) is 10.3 Å². The molecule has 0 fully saturated rings. The lowest BCUT2D eigenvalue weighted by molar-refractivity contribution is -0.121. The van der Waals surface area contributed by atoms with Gasteiger partial charge in [-0.1, -0.05) is 6.07 Å². The molecular formula is C19H24N2O4. The van der Waals surface area contributed by atoms with Crippen molar-refractivity contribution in [1.29, 1.82) is 0 Å². The Labute approximate surface area is 148 Å². The summed E-state index contributed by atoms with van der Waals surface area (Å²) in [7, 11) is 4.79. The molecule has 1 aromatic heterocycles. The molecule has 6 nitrogen and oxygen atoms in total. The molecule has 0 spiro atoms. The van der Waals surface area contributed by atoms with E-state index in [0.29, 0.717) is 43.1 Å². The number of ether oxygens (including phenoxy) is 3. The number of rotatable bonds is 9. The smallest absolute Gasteiger partial charge is 0.220 e. The first kappa shape index (κ1) is 18.6. The van der Waals surface area contributed by atoms with Crippen LogP contribution < -0.4 is 19.5 Å². The Bertz CT molecular complexity index is 664. The van der Waals surface area contributed by atoms with Gasteiger partial charge in [0, 0.05) is 42.6 Å². The molecule has 134 valence electrons. The van der Waals surface area contributed by atoms with E-state index in [0.717, 1.165) is 11.3 Å². The highest BCUT2D eigenvalue weighted by Gasteiger charge is 2.13. The van der Waals surface area contributed by atoms with Crippen LogP contribution in [-0.2, 0) is 17.6 Å². The highest BCUT2D eigenvalue weighted by atomic mass is 16.5. The number of hydrogen-bond acceptors (Lipinski definition) is 5. The van der Waals surface area contributed by atoms with E-state index in [4.69, 9.17) is 14.2 Å². The highest BCUT2D eigenvalue weighted by molar-refractivity contribution is 5.76. The molecule has 1 heterocycles. The fourth-order valence-electron chi connectivity index (χ4n) is 2.53. The standard InChI is InChI=1S/C19H24N2O4/c1-23-15-12-17(24-2)16(18(13-15)25-3)9-11-21-19(22)8-7-14-6-4-5-10-20-14/h4-6,10,12-13H,7-9,11H2,1-3H3,(H,21,22). The van der Waals surface area contributed by atoms with E-state index in [-0.39, 0.29) is 5.91 Å². The Kier molecular flexibility index (Phi) is 7.07. The van der Waals surface area contributed by atoms with Gasteiger partial charge >= 0.3 is 0 Å². The lowest BCUT2D eigenvalue weighted by atomic mass is 10.1. The van der Waals surface area contributed by atoms with Crippen LogP contribution in [0.25, 0.3) is 0 Å². The molecule has 0 aliphatic carbocycles. The summed E-state index contributed by atoms with van der Waals surface area (Å²) in [4.78, 5) is 16.2. The maximum atomic E-state index is 12.0. The predicted molar refractivity (Wildman–Crippen MR) is 95.4 cm³/mol. The zero-order valence-electron chi connectivity index (χ0n) is 14.9. The number of nitrogens with one attached hydrogen (secondary N) is 1. The largest absolute Gasteiger partial charge is 0.496 e. The second-order valence-corrected chi connectivity index (χ2v) is 5.43. The summed E-state index contributed by atoms with van der Waals surface area (Å²) < 4.78 is 16.1. The summed E-state index contributed by atoms with van der Waals surface area (Å²) in [5.74, 6) is 2.02. The number of pyridine rings is 1. The van der Waals surface area contributed by atoms with E-state index in [1.54, 1.807) is 39.7 Å². The minimum atomic E-state index is -0.00269. The Balaban J connectivity index is 1.89. The number of carbonyl (C=O) groups excluding carboxylic acids is 1. The molecule has 25 heavy (non-hydrogen) atoms. The van der Waals surface area contributed by atoms with Crippen molar-refractivity contribution in [3.63, 3.8) is 0 Å². The minimum absolute atomic E-state index is 0.00269. The molecule has 0 atom stereocenters. The Hall–Kier alpha value is -2.76. The minimum Gasteiger partial charge on any atom is -0.496 e. The molecule has 2 aromatic rings. The third kappa shape index (κ3) is 5.38. The van der Waals surface area contributed by atoms with Gasteiger partial charge < -0.3 is 19.5 Å². The van der Waals surface area contributed by atoms with Crippen molar-refractivity contribution in [2.45, 2.75) is 19.3 Å². The molecular weight excluding hydrogens is 320 g/mol. The molecule has 1 aromatic carbocycles. The topological polar surface area (TPSA) is 69.7 Å².